The molecule has 9 heteroatoms. The number of halogens is 3. The van der Waals surface area contributed by atoms with Crippen LogP contribution in [-0.2, 0) is 22.3 Å². The summed E-state index contributed by atoms with van der Waals surface area (Å²) in [6, 6.07) is 4.39. The molecule has 2 heterocycles. The Morgan fingerprint density at radius 3 is 2.66 bits per heavy atom. The lowest BCUT2D eigenvalue weighted by atomic mass is 9.92. The first-order chi connectivity index (χ1) is 15.3. The van der Waals surface area contributed by atoms with Crippen molar-refractivity contribution < 1.29 is 22.7 Å². The summed E-state index contributed by atoms with van der Waals surface area (Å²) in [5.41, 5.74) is 6.33. The van der Waals surface area contributed by atoms with Crippen LogP contribution >= 0.6 is 0 Å². The molecule has 3 unspecified atom stereocenters. The van der Waals surface area contributed by atoms with Gasteiger partial charge in [-0.15, -0.1) is 0 Å². The van der Waals surface area contributed by atoms with Crippen molar-refractivity contribution in [2.75, 3.05) is 32.8 Å². The normalized spacial score (nSPS) is 26.9. The monoisotopic (exact) mass is 454 g/mol. The van der Waals surface area contributed by atoms with Crippen LogP contribution in [0.1, 0.15) is 54.8 Å². The highest BCUT2D eigenvalue weighted by Gasteiger charge is 2.38. The average Bonchev–Trinajstić information content (AvgIpc) is 3.24. The minimum Gasteiger partial charge on any atom is -0.381 e. The van der Waals surface area contributed by atoms with Crippen molar-refractivity contribution in [2.24, 2.45) is 11.7 Å². The summed E-state index contributed by atoms with van der Waals surface area (Å²) < 4.78 is 45.2. The summed E-state index contributed by atoms with van der Waals surface area (Å²) in [7, 11) is 0. The predicted octanol–water partition coefficient (Wildman–Crippen LogP) is 2.57. The van der Waals surface area contributed by atoms with Crippen molar-refractivity contribution >= 4 is 5.91 Å². The Balaban J connectivity index is 1.44. The largest absolute Gasteiger partial charge is 0.416 e. The number of carbonyl (C=O) groups excluding carboxylic acids is 1. The number of ether oxygens (including phenoxy) is 1. The van der Waals surface area contributed by atoms with Crippen molar-refractivity contribution in [2.45, 2.75) is 63.0 Å². The van der Waals surface area contributed by atoms with E-state index >= 15 is 0 Å². The van der Waals surface area contributed by atoms with Crippen LogP contribution in [0.2, 0.25) is 0 Å². The predicted molar refractivity (Wildman–Crippen MR) is 115 cm³/mol. The summed E-state index contributed by atoms with van der Waals surface area (Å²) in [5, 5.41) is 6.98. The molecule has 1 aliphatic carbocycles. The second-order valence-electron chi connectivity index (χ2n) is 9.19. The van der Waals surface area contributed by atoms with E-state index in [0.717, 1.165) is 56.9 Å². The topological polar surface area (TPSA) is 79.6 Å². The Labute approximate surface area is 187 Å². The molecule has 0 spiro atoms. The molecule has 32 heavy (non-hydrogen) atoms. The fraction of sp³-hybridized carbons (Fsp3) is 0.696. The van der Waals surface area contributed by atoms with Crippen LogP contribution in [0.4, 0.5) is 13.2 Å². The summed E-state index contributed by atoms with van der Waals surface area (Å²) in [4.78, 5) is 15.1. The minimum atomic E-state index is -4.41. The number of fused-ring (bicyclic) bond motifs is 1. The van der Waals surface area contributed by atoms with Gasteiger partial charge >= 0.3 is 6.18 Å². The fourth-order valence-corrected chi connectivity index (χ4v) is 5.26. The highest BCUT2D eigenvalue weighted by Crippen LogP contribution is 2.36. The average molecular weight is 455 g/mol. The second kappa shape index (κ2) is 10.1. The van der Waals surface area contributed by atoms with E-state index in [9.17, 15) is 18.0 Å². The molecule has 1 saturated carbocycles. The van der Waals surface area contributed by atoms with Gasteiger partial charge in [0.2, 0.25) is 5.91 Å². The SMILES string of the molecule is NCCNC1CN(C(=O)C2CCC(NC3CCOCC3)C2)Cc2cc(C(F)(F)F)ccc21. The van der Waals surface area contributed by atoms with E-state index in [0.29, 0.717) is 37.3 Å². The van der Waals surface area contributed by atoms with Crippen LogP contribution in [0.3, 0.4) is 0 Å². The third kappa shape index (κ3) is 5.44. The molecule has 1 aromatic rings. The van der Waals surface area contributed by atoms with Crippen molar-refractivity contribution in [3.05, 3.63) is 34.9 Å². The molecule has 1 aromatic carbocycles. The van der Waals surface area contributed by atoms with E-state index in [1.54, 1.807) is 4.90 Å². The van der Waals surface area contributed by atoms with Crippen LogP contribution in [0.25, 0.3) is 0 Å². The van der Waals surface area contributed by atoms with E-state index in [1.165, 1.54) is 12.1 Å². The second-order valence-corrected chi connectivity index (χ2v) is 9.19. The number of nitrogens with two attached hydrogens (primary N) is 1. The molecule has 2 fully saturated rings. The number of hydrogen-bond donors (Lipinski definition) is 3. The zero-order chi connectivity index (χ0) is 22.7. The molecule has 3 aliphatic rings. The van der Waals surface area contributed by atoms with Gasteiger partial charge in [-0.1, -0.05) is 6.07 Å². The lowest BCUT2D eigenvalue weighted by molar-refractivity contribution is -0.137. The number of hydrogen-bond acceptors (Lipinski definition) is 5. The maximum Gasteiger partial charge on any atom is 0.416 e. The molecule has 0 aromatic heterocycles. The molecule has 6 nitrogen and oxygen atoms in total. The number of carbonyl (C=O) groups is 1. The third-order valence-corrected chi connectivity index (χ3v) is 6.93. The molecular weight excluding hydrogens is 421 g/mol. The fourth-order valence-electron chi connectivity index (χ4n) is 5.26. The zero-order valence-corrected chi connectivity index (χ0v) is 18.3. The van der Waals surface area contributed by atoms with Crippen LogP contribution in [-0.4, -0.2) is 55.7 Å². The quantitative estimate of drug-likeness (QED) is 0.616. The molecular formula is C23H33F3N4O2. The first kappa shape index (κ1) is 23.5. The van der Waals surface area contributed by atoms with Gasteiger partial charge in [0.15, 0.2) is 0 Å². The van der Waals surface area contributed by atoms with Gasteiger partial charge in [-0.3, -0.25) is 4.79 Å². The standard InChI is InChI=1S/C23H33F3N4O2/c24-23(25,26)17-2-4-20-16(11-17)13-30(14-21(20)28-8-7-27)22(31)15-1-3-19(12-15)29-18-5-9-32-10-6-18/h2,4,11,15,18-19,21,28-29H,1,3,5-10,12-14,27H2. The first-order valence-corrected chi connectivity index (χ1v) is 11.6. The molecule has 4 rings (SSSR count). The Hall–Kier alpha value is -1.68. The highest BCUT2D eigenvalue weighted by molar-refractivity contribution is 5.79. The Morgan fingerprint density at radius 1 is 1.16 bits per heavy atom. The van der Waals surface area contributed by atoms with E-state index in [4.69, 9.17) is 10.5 Å². The lowest BCUT2D eigenvalue weighted by Gasteiger charge is -2.37. The molecule has 3 atom stereocenters. The van der Waals surface area contributed by atoms with Crippen LogP contribution in [0, 0.1) is 5.92 Å². The maximum absolute atomic E-state index is 13.4. The van der Waals surface area contributed by atoms with Gasteiger partial charge in [0.1, 0.15) is 0 Å². The van der Waals surface area contributed by atoms with Gasteiger partial charge in [0, 0.05) is 57.4 Å². The molecule has 1 saturated heterocycles. The number of alkyl halides is 3. The van der Waals surface area contributed by atoms with Gasteiger partial charge < -0.3 is 26.0 Å². The number of nitrogens with one attached hydrogen (secondary N) is 2. The third-order valence-electron chi connectivity index (χ3n) is 6.93. The van der Waals surface area contributed by atoms with Gasteiger partial charge in [0.25, 0.3) is 0 Å². The van der Waals surface area contributed by atoms with Gasteiger partial charge in [-0.05, 0) is 55.4 Å². The van der Waals surface area contributed by atoms with E-state index in [1.807, 2.05) is 0 Å². The molecule has 0 bridgehead atoms. The minimum absolute atomic E-state index is 0.0453. The van der Waals surface area contributed by atoms with Crippen molar-refractivity contribution in [3.8, 4) is 0 Å². The smallest absolute Gasteiger partial charge is 0.381 e. The van der Waals surface area contributed by atoms with Crippen molar-refractivity contribution in [1.82, 2.24) is 15.5 Å². The van der Waals surface area contributed by atoms with Gasteiger partial charge in [-0.2, -0.15) is 13.2 Å². The molecule has 1 amide bonds. The van der Waals surface area contributed by atoms with Crippen molar-refractivity contribution in [1.29, 1.82) is 0 Å². The van der Waals surface area contributed by atoms with Crippen molar-refractivity contribution in [3.63, 3.8) is 0 Å². The number of amides is 1. The number of rotatable bonds is 6. The number of nitrogens with zero attached hydrogens (tertiary/aromatic N) is 1. The summed E-state index contributed by atoms with van der Waals surface area (Å²) in [5.74, 6) is -0.0428. The van der Waals surface area contributed by atoms with E-state index in [-0.39, 0.29) is 24.4 Å². The zero-order valence-electron chi connectivity index (χ0n) is 18.3. The first-order valence-electron chi connectivity index (χ1n) is 11.6. The Kier molecular flexibility index (Phi) is 7.39. The maximum atomic E-state index is 13.4. The van der Waals surface area contributed by atoms with Crippen LogP contribution < -0.4 is 16.4 Å². The summed E-state index contributed by atoms with van der Waals surface area (Å²) in [6.07, 6.45) is 0.124. The van der Waals surface area contributed by atoms with E-state index in [2.05, 4.69) is 10.6 Å². The molecule has 178 valence electrons. The van der Waals surface area contributed by atoms with Gasteiger partial charge in [-0.25, -0.2) is 0 Å². The van der Waals surface area contributed by atoms with Gasteiger partial charge in [0.05, 0.1) is 11.6 Å². The number of benzene rings is 1. The van der Waals surface area contributed by atoms with Crippen LogP contribution in [0.15, 0.2) is 18.2 Å². The molecule has 4 N–H and O–H groups in total. The van der Waals surface area contributed by atoms with E-state index < -0.39 is 11.7 Å². The Morgan fingerprint density at radius 2 is 1.94 bits per heavy atom. The lowest BCUT2D eigenvalue weighted by Crippen LogP contribution is -2.46. The molecule has 2 aliphatic heterocycles. The van der Waals surface area contributed by atoms with Crippen LogP contribution in [0.5, 0.6) is 0 Å². The Bertz CT molecular complexity index is 798. The summed E-state index contributed by atoms with van der Waals surface area (Å²) >= 11 is 0. The summed E-state index contributed by atoms with van der Waals surface area (Å²) in [6.45, 7) is 3.17. The molecule has 0 radical (unpaired) electrons. The highest BCUT2D eigenvalue weighted by atomic mass is 19.4.